The maximum Gasteiger partial charge on any atom is 0.289 e. The monoisotopic (exact) mass is 498 g/mol. The second-order valence-corrected chi connectivity index (χ2v) is 9.30. The highest BCUT2D eigenvalue weighted by atomic mass is 19.1. The molecule has 10 heteroatoms. The van der Waals surface area contributed by atoms with Crippen LogP contribution in [-0.4, -0.2) is 74.6 Å². The molecule has 1 aliphatic heterocycles. The van der Waals surface area contributed by atoms with Crippen LogP contribution in [0, 0.1) is 5.82 Å². The van der Waals surface area contributed by atoms with Crippen LogP contribution < -0.4 is 20.5 Å². The number of nitrogens with zero attached hydrogens (tertiary/aromatic N) is 3. The number of carbonyl (C=O) groups is 2. The number of hydrogen-bond acceptors (Lipinski definition) is 5. The number of anilines is 1. The van der Waals surface area contributed by atoms with E-state index < -0.39 is 17.2 Å². The molecular formula is C26H33FN5O4+. The number of aryl methyl sites for hydroxylation is 1. The Labute approximate surface area is 209 Å². The van der Waals surface area contributed by atoms with Crippen LogP contribution in [0.3, 0.4) is 0 Å². The topological polar surface area (TPSA) is 92.2 Å². The van der Waals surface area contributed by atoms with Crippen LogP contribution in [0.15, 0.2) is 45.9 Å². The number of benzene rings is 1. The van der Waals surface area contributed by atoms with Gasteiger partial charge in [-0.05, 0) is 31.2 Å². The molecule has 36 heavy (non-hydrogen) atoms. The molecule has 1 aromatic carbocycles. The van der Waals surface area contributed by atoms with Crippen molar-refractivity contribution in [2.45, 2.75) is 19.9 Å². The number of piperazine rings is 1. The lowest BCUT2D eigenvalue weighted by Gasteiger charge is -2.36. The van der Waals surface area contributed by atoms with Gasteiger partial charge in [0.2, 0.25) is 5.43 Å². The number of hydrogen-bond donors (Lipinski definition) is 2. The fraction of sp³-hybridized carbons (Fsp3) is 0.423. The lowest BCUT2D eigenvalue weighted by molar-refractivity contribution is -0.858. The van der Waals surface area contributed by atoms with Crippen molar-refractivity contribution in [2.75, 3.05) is 58.3 Å². The first-order valence-electron chi connectivity index (χ1n) is 12.3. The summed E-state index contributed by atoms with van der Waals surface area (Å²) in [5, 5.41) is 2.98. The van der Waals surface area contributed by atoms with Crippen molar-refractivity contribution in [3.63, 3.8) is 0 Å². The second-order valence-electron chi connectivity index (χ2n) is 9.30. The molecule has 2 aromatic heterocycles. The molecule has 0 radical (unpaired) electrons. The van der Waals surface area contributed by atoms with Gasteiger partial charge in [-0.25, -0.2) is 4.39 Å². The fourth-order valence-electron chi connectivity index (χ4n) is 4.51. The van der Waals surface area contributed by atoms with Gasteiger partial charge in [0.05, 0.1) is 38.1 Å². The Morgan fingerprint density at radius 1 is 1.17 bits per heavy atom. The molecule has 1 fully saturated rings. The quantitative estimate of drug-likeness (QED) is 0.452. The summed E-state index contributed by atoms with van der Waals surface area (Å²) in [5.41, 5.74) is 0.474. The van der Waals surface area contributed by atoms with Gasteiger partial charge in [0.1, 0.15) is 11.4 Å². The van der Waals surface area contributed by atoms with Crippen LogP contribution in [-0.2, 0) is 6.54 Å². The molecule has 192 valence electrons. The minimum absolute atomic E-state index is 0.0127. The molecular weight excluding hydrogens is 465 g/mol. The maximum atomic E-state index is 15.3. The van der Waals surface area contributed by atoms with Crippen molar-refractivity contribution in [1.82, 2.24) is 14.8 Å². The lowest BCUT2D eigenvalue weighted by Crippen LogP contribution is -3.05. The van der Waals surface area contributed by atoms with E-state index in [0.29, 0.717) is 50.5 Å². The minimum Gasteiger partial charge on any atom is -0.459 e. The van der Waals surface area contributed by atoms with E-state index >= 15 is 4.39 Å². The molecule has 0 saturated carbocycles. The smallest absolute Gasteiger partial charge is 0.289 e. The highest BCUT2D eigenvalue weighted by Crippen LogP contribution is 2.26. The molecule has 9 nitrogen and oxygen atoms in total. The number of carbonyl (C=O) groups excluding carboxylic acids is 2. The number of rotatable bonds is 8. The summed E-state index contributed by atoms with van der Waals surface area (Å²) in [6.45, 7) is 5.52. The van der Waals surface area contributed by atoms with Crippen molar-refractivity contribution in [3.8, 4) is 0 Å². The molecule has 4 rings (SSSR count). The van der Waals surface area contributed by atoms with Gasteiger partial charge < -0.3 is 29.0 Å². The lowest BCUT2D eigenvalue weighted by atomic mass is 10.1. The predicted molar refractivity (Wildman–Crippen MR) is 135 cm³/mol. The van der Waals surface area contributed by atoms with Crippen LogP contribution in [0.25, 0.3) is 10.9 Å². The number of halogens is 1. The normalized spacial score (nSPS) is 14.0. The molecule has 1 aliphatic rings. The molecule has 2 N–H and O–H groups in total. The number of nitrogens with one attached hydrogen (secondary N) is 2. The third-order valence-corrected chi connectivity index (χ3v) is 6.51. The molecule has 0 aliphatic carbocycles. The molecule has 0 bridgehead atoms. The second kappa shape index (κ2) is 10.9. The number of quaternary nitrogens is 1. The molecule has 3 aromatic rings. The first-order valence-corrected chi connectivity index (χ1v) is 12.3. The van der Waals surface area contributed by atoms with E-state index in [-0.39, 0.29) is 22.6 Å². The van der Waals surface area contributed by atoms with Crippen molar-refractivity contribution in [1.29, 1.82) is 0 Å². The zero-order valence-corrected chi connectivity index (χ0v) is 21.0. The van der Waals surface area contributed by atoms with Crippen molar-refractivity contribution in [2.24, 2.45) is 0 Å². The first kappa shape index (κ1) is 25.4. The van der Waals surface area contributed by atoms with Crippen LogP contribution in [0.2, 0.25) is 0 Å². The first-order chi connectivity index (χ1) is 17.3. The van der Waals surface area contributed by atoms with Crippen molar-refractivity contribution < 1.29 is 23.3 Å². The standard InChI is InChI=1S/C26H32FN5O4/c1-4-30-17-19(25(34)28-8-6-9-29(2)3)24(33)18-15-20(27)22(16-21(18)30)31-10-12-32(13-11-31)26(35)23-7-5-14-36-23/h5,7,14-17H,4,6,8-13H2,1-3H3,(H,28,34)/p+1. The number of furan rings is 1. The Morgan fingerprint density at radius 2 is 1.92 bits per heavy atom. The summed E-state index contributed by atoms with van der Waals surface area (Å²) in [5.74, 6) is -0.877. The average molecular weight is 499 g/mol. The summed E-state index contributed by atoms with van der Waals surface area (Å²) in [6, 6.07) is 6.19. The number of pyridine rings is 1. The Kier molecular flexibility index (Phi) is 7.73. The summed E-state index contributed by atoms with van der Waals surface area (Å²) in [7, 11) is 4.07. The van der Waals surface area contributed by atoms with Crippen LogP contribution in [0.4, 0.5) is 10.1 Å². The van der Waals surface area contributed by atoms with E-state index in [1.165, 1.54) is 17.2 Å². The van der Waals surface area contributed by atoms with Gasteiger partial charge in [-0.3, -0.25) is 14.4 Å². The Hall–Kier alpha value is -3.66. The van der Waals surface area contributed by atoms with Gasteiger partial charge in [-0.15, -0.1) is 0 Å². The number of fused-ring (bicyclic) bond motifs is 1. The predicted octanol–water partition coefficient (Wildman–Crippen LogP) is 0.980. The molecule has 1 saturated heterocycles. The zero-order chi connectivity index (χ0) is 25.8. The van der Waals surface area contributed by atoms with E-state index in [2.05, 4.69) is 5.32 Å². The fourth-order valence-corrected chi connectivity index (χ4v) is 4.51. The van der Waals surface area contributed by atoms with Gasteiger partial charge >= 0.3 is 0 Å². The zero-order valence-electron chi connectivity index (χ0n) is 21.0. The average Bonchev–Trinajstić information content (AvgIpc) is 3.41. The van der Waals surface area contributed by atoms with Gasteiger partial charge in [0.15, 0.2) is 5.76 Å². The molecule has 0 spiro atoms. The molecule has 0 unspecified atom stereocenters. The summed E-state index contributed by atoms with van der Waals surface area (Å²) < 4.78 is 22.3. The van der Waals surface area contributed by atoms with Crippen LogP contribution in [0.1, 0.15) is 34.3 Å². The SMILES string of the molecule is CCn1cc(C(=O)NCCC[NH+](C)C)c(=O)c2cc(F)c(N3CCN(C(=O)c4ccco4)CC3)cc21. The van der Waals surface area contributed by atoms with Gasteiger partial charge in [-0.1, -0.05) is 0 Å². The highest BCUT2D eigenvalue weighted by Gasteiger charge is 2.26. The molecule has 0 atom stereocenters. The van der Waals surface area contributed by atoms with Gasteiger partial charge in [-0.2, -0.15) is 0 Å². The van der Waals surface area contributed by atoms with E-state index in [9.17, 15) is 14.4 Å². The molecule has 3 heterocycles. The maximum absolute atomic E-state index is 15.3. The van der Waals surface area contributed by atoms with E-state index in [1.54, 1.807) is 33.9 Å². The summed E-state index contributed by atoms with van der Waals surface area (Å²) >= 11 is 0. The van der Waals surface area contributed by atoms with E-state index in [0.717, 1.165) is 13.0 Å². The third kappa shape index (κ3) is 5.28. The molecule has 2 amide bonds. The van der Waals surface area contributed by atoms with Crippen LogP contribution in [0.5, 0.6) is 0 Å². The highest BCUT2D eigenvalue weighted by molar-refractivity contribution is 5.98. The Morgan fingerprint density at radius 3 is 2.56 bits per heavy atom. The number of amides is 2. The minimum atomic E-state index is -0.528. The van der Waals surface area contributed by atoms with Crippen molar-refractivity contribution in [3.05, 3.63) is 64.1 Å². The summed E-state index contributed by atoms with van der Waals surface area (Å²) in [6.07, 6.45) is 3.81. The van der Waals surface area contributed by atoms with E-state index in [4.69, 9.17) is 4.42 Å². The largest absolute Gasteiger partial charge is 0.459 e. The number of aromatic nitrogens is 1. The van der Waals surface area contributed by atoms with E-state index in [1.807, 2.05) is 25.9 Å². The van der Waals surface area contributed by atoms with Crippen molar-refractivity contribution >= 4 is 28.4 Å². The summed E-state index contributed by atoms with van der Waals surface area (Å²) in [4.78, 5) is 43.2. The Bertz CT molecular complexity index is 1290. The van der Waals surface area contributed by atoms with Gasteiger partial charge in [0.25, 0.3) is 11.8 Å². The van der Waals surface area contributed by atoms with Gasteiger partial charge in [0, 0.05) is 57.3 Å². The third-order valence-electron chi connectivity index (χ3n) is 6.51. The Balaban J connectivity index is 1.55. The van der Waals surface area contributed by atoms with Crippen LogP contribution >= 0.6 is 0 Å².